The maximum absolute atomic E-state index is 13.4. The average molecular weight is 459 g/mol. The third kappa shape index (κ3) is 5.98. The number of aryl methyl sites for hydroxylation is 1. The molecule has 2 aromatic carbocycles. The lowest BCUT2D eigenvalue weighted by molar-refractivity contribution is 0.0934. The minimum absolute atomic E-state index is 0.0308. The summed E-state index contributed by atoms with van der Waals surface area (Å²) in [6.45, 7) is 3.62. The van der Waals surface area contributed by atoms with E-state index in [1.165, 1.54) is 12.1 Å². The molecular formula is C24H22FN7O2. The van der Waals surface area contributed by atoms with Crippen LogP contribution in [0.2, 0.25) is 0 Å². The number of nitrogens with zero attached hydrogens (tertiary/aromatic N) is 4. The second-order valence-electron chi connectivity index (χ2n) is 7.47. The Hall–Kier alpha value is -4.65. The van der Waals surface area contributed by atoms with Crippen molar-refractivity contribution >= 4 is 17.6 Å². The number of nitrogens with one attached hydrogen (secondary N) is 2. The Morgan fingerprint density at radius 1 is 1.12 bits per heavy atom. The van der Waals surface area contributed by atoms with Crippen molar-refractivity contribution in [3.63, 3.8) is 0 Å². The molecule has 0 saturated carbocycles. The molecular weight excluding hydrogens is 437 g/mol. The molecule has 172 valence electrons. The zero-order valence-electron chi connectivity index (χ0n) is 18.5. The van der Waals surface area contributed by atoms with Gasteiger partial charge in [-0.3, -0.25) is 9.59 Å². The Morgan fingerprint density at radius 3 is 2.44 bits per heavy atom. The predicted octanol–water partition coefficient (Wildman–Crippen LogP) is 2.53. The molecule has 3 aromatic rings. The lowest BCUT2D eigenvalue weighted by Crippen LogP contribution is -2.29. The minimum atomic E-state index is -0.487. The van der Waals surface area contributed by atoms with Gasteiger partial charge >= 0.3 is 0 Å². The highest BCUT2D eigenvalue weighted by molar-refractivity contribution is 5.98. The molecule has 0 radical (unpaired) electrons. The summed E-state index contributed by atoms with van der Waals surface area (Å²) in [7, 11) is 0. The number of hydrogen-bond donors (Lipinski definition) is 3. The summed E-state index contributed by atoms with van der Waals surface area (Å²) in [5.74, 6) is -1.18. The Labute approximate surface area is 195 Å². The molecule has 0 unspecified atom stereocenters. The largest absolute Gasteiger partial charge is 0.383 e. The number of benzene rings is 2. The van der Waals surface area contributed by atoms with Crippen molar-refractivity contribution in [2.75, 3.05) is 0 Å². The smallest absolute Gasteiger partial charge is 0.270 e. The summed E-state index contributed by atoms with van der Waals surface area (Å²) in [5.41, 5.74) is 8.36. The third-order valence-corrected chi connectivity index (χ3v) is 5.03. The zero-order valence-corrected chi connectivity index (χ0v) is 18.5. The molecule has 0 bridgehead atoms. The van der Waals surface area contributed by atoms with Crippen LogP contribution in [0.15, 0.2) is 59.9 Å². The maximum atomic E-state index is 13.4. The molecule has 1 atom stereocenters. The number of rotatable bonds is 7. The van der Waals surface area contributed by atoms with Gasteiger partial charge in [-0.1, -0.05) is 36.4 Å². The second-order valence-corrected chi connectivity index (χ2v) is 7.47. The maximum Gasteiger partial charge on any atom is 0.270 e. The van der Waals surface area contributed by atoms with Gasteiger partial charge in [0.1, 0.15) is 29.4 Å². The van der Waals surface area contributed by atoms with Gasteiger partial charge in [-0.15, -0.1) is 0 Å². The Morgan fingerprint density at radius 2 is 1.79 bits per heavy atom. The monoisotopic (exact) mass is 459 g/mol. The van der Waals surface area contributed by atoms with Crippen molar-refractivity contribution in [3.8, 4) is 6.19 Å². The molecule has 10 heteroatoms. The van der Waals surface area contributed by atoms with Crippen molar-refractivity contribution < 1.29 is 14.0 Å². The molecule has 1 aromatic heterocycles. The van der Waals surface area contributed by atoms with Gasteiger partial charge in [-0.2, -0.15) is 10.3 Å². The van der Waals surface area contributed by atoms with E-state index in [1.807, 2.05) is 0 Å². The van der Waals surface area contributed by atoms with E-state index in [-0.39, 0.29) is 35.6 Å². The first-order valence-corrected chi connectivity index (χ1v) is 10.3. The highest BCUT2D eigenvalue weighted by atomic mass is 19.1. The first-order chi connectivity index (χ1) is 16.3. The van der Waals surface area contributed by atoms with Gasteiger partial charge in [0, 0.05) is 18.2 Å². The van der Waals surface area contributed by atoms with Crippen LogP contribution in [-0.2, 0) is 6.54 Å². The average Bonchev–Trinajstić information content (AvgIpc) is 2.84. The number of hydrogen-bond acceptors (Lipinski definition) is 6. The summed E-state index contributed by atoms with van der Waals surface area (Å²) in [6.07, 6.45) is 2.77. The highest BCUT2D eigenvalue weighted by Gasteiger charge is 2.16. The van der Waals surface area contributed by atoms with Crippen LogP contribution >= 0.6 is 0 Å². The number of nitrogens with two attached hydrogens (primary N) is 1. The number of aliphatic imine (C=N–C) groups is 1. The molecule has 1 heterocycles. The summed E-state index contributed by atoms with van der Waals surface area (Å²) in [4.78, 5) is 36.5. The Bertz CT molecular complexity index is 1280. The number of amidine groups is 1. The fourth-order valence-electron chi connectivity index (χ4n) is 3.11. The molecule has 0 aliphatic carbocycles. The number of amides is 2. The molecule has 3 rings (SSSR count). The zero-order chi connectivity index (χ0) is 24.7. The van der Waals surface area contributed by atoms with Crippen LogP contribution in [0, 0.1) is 24.2 Å². The molecule has 34 heavy (non-hydrogen) atoms. The van der Waals surface area contributed by atoms with Crippen LogP contribution in [-0.4, -0.2) is 27.6 Å². The number of carbonyl (C=O) groups is 2. The standard InChI is InChI=1S/C24H22FN7O2/c1-14-9-16(3-8-19(14)25)11-28-23(33)20-10-21(31-13-30-20)24(34)32-15(2)17-4-6-18(7-5-17)22(27)29-12-26/h3-10,13,15H,11H2,1-2H3,(H2,27,29)(H,28,33)(H,32,34)/t15-/m0/s1. The molecule has 0 fully saturated rings. The third-order valence-electron chi connectivity index (χ3n) is 5.03. The van der Waals surface area contributed by atoms with Crippen molar-refractivity contribution in [1.82, 2.24) is 20.6 Å². The molecule has 4 N–H and O–H groups in total. The van der Waals surface area contributed by atoms with Gasteiger partial charge in [0.2, 0.25) is 6.19 Å². The van der Waals surface area contributed by atoms with Gasteiger partial charge in [0.05, 0.1) is 6.04 Å². The van der Waals surface area contributed by atoms with Crippen molar-refractivity contribution in [2.45, 2.75) is 26.4 Å². The Balaban J connectivity index is 1.63. The lowest BCUT2D eigenvalue weighted by atomic mass is 10.1. The number of halogens is 1. The van der Waals surface area contributed by atoms with Crippen LogP contribution in [0.3, 0.4) is 0 Å². The molecule has 9 nitrogen and oxygen atoms in total. The van der Waals surface area contributed by atoms with Crippen molar-refractivity contribution in [1.29, 1.82) is 5.26 Å². The normalized spacial score (nSPS) is 11.9. The van der Waals surface area contributed by atoms with E-state index in [9.17, 15) is 14.0 Å². The second kappa shape index (κ2) is 10.8. The van der Waals surface area contributed by atoms with Crippen molar-refractivity contribution in [3.05, 3.63) is 94.3 Å². The number of nitriles is 1. The van der Waals surface area contributed by atoms with Crippen molar-refractivity contribution in [2.24, 2.45) is 10.7 Å². The van der Waals surface area contributed by atoms with Crippen LogP contribution in [0.25, 0.3) is 0 Å². The fourth-order valence-corrected chi connectivity index (χ4v) is 3.11. The van der Waals surface area contributed by atoms with E-state index >= 15 is 0 Å². The van der Waals surface area contributed by atoms with Gasteiger partial charge in [0.25, 0.3) is 11.8 Å². The molecule has 0 saturated heterocycles. The van der Waals surface area contributed by atoms with Gasteiger partial charge < -0.3 is 16.4 Å². The van der Waals surface area contributed by atoms with Gasteiger partial charge in [0.15, 0.2) is 0 Å². The molecule has 0 spiro atoms. The fraction of sp³-hybridized carbons (Fsp3) is 0.167. The molecule has 2 amide bonds. The van der Waals surface area contributed by atoms with E-state index in [0.717, 1.165) is 17.5 Å². The van der Waals surface area contributed by atoms with Crippen LogP contribution in [0.4, 0.5) is 4.39 Å². The molecule has 0 aliphatic rings. The summed E-state index contributed by atoms with van der Waals surface area (Å²) in [6, 6.07) is 12.4. The SMILES string of the molecule is Cc1cc(CNC(=O)c2cc(C(=O)N[C@@H](C)c3ccc(C(N)=NC#N)cc3)ncn2)ccc1F. The molecule has 0 aliphatic heterocycles. The van der Waals surface area contributed by atoms with Gasteiger partial charge in [-0.25, -0.2) is 14.4 Å². The van der Waals surface area contributed by atoms with E-state index in [2.05, 4.69) is 25.6 Å². The summed E-state index contributed by atoms with van der Waals surface area (Å²) < 4.78 is 13.4. The van der Waals surface area contributed by atoms with Crippen LogP contribution in [0.1, 0.15) is 56.2 Å². The van der Waals surface area contributed by atoms with E-state index < -0.39 is 11.8 Å². The van der Waals surface area contributed by atoms with Crippen LogP contribution < -0.4 is 16.4 Å². The van der Waals surface area contributed by atoms with E-state index in [1.54, 1.807) is 56.4 Å². The van der Waals surface area contributed by atoms with E-state index in [4.69, 9.17) is 11.0 Å². The van der Waals surface area contributed by atoms with E-state index in [0.29, 0.717) is 11.1 Å². The van der Waals surface area contributed by atoms with Crippen LogP contribution in [0.5, 0.6) is 0 Å². The number of carbonyl (C=O) groups excluding carboxylic acids is 2. The predicted molar refractivity (Wildman–Crippen MR) is 123 cm³/mol. The quantitative estimate of drug-likeness (QED) is 0.281. The number of aromatic nitrogens is 2. The first kappa shape index (κ1) is 24.0. The topological polar surface area (TPSA) is 146 Å². The summed E-state index contributed by atoms with van der Waals surface area (Å²) in [5, 5.41) is 14.1. The highest BCUT2D eigenvalue weighted by Crippen LogP contribution is 2.14. The lowest BCUT2D eigenvalue weighted by Gasteiger charge is -2.14. The first-order valence-electron chi connectivity index (χ1n) is 10.3. The summed E-state index contributed by atoms with van der Waals surface area (Å²) >= 11 is 0. The van der Waals surface area contributed by atoms with Gasteiger partial charge in [-0.05, 0) is 36.6 Å². The minimum Gasteiger partial charge on any atom is -0.383 e. The Kier molecular flexibility index (Phi) is 7.61.